The summed E-state index contributed by atoms with van der Waals surface area (Å²) < 4.78 is 10.6. The second-order valence-corrected chi connectivity index (χ2v) is 3.81. The number of hydrogen-bond acceptors (Lipinski definition) is 2. The number of benzene rings is 1. The molecule has 0 aliphatic carbocycles. The summed E-state index contributed by atoms with van der Waals surface area (Å²) in [6, 6.07) is 8.47. The standard InChI is InChI=1S/C11H15O2.BrH.Zn/c1-11(2,3)13-10-7-5-9(12-4)6-8-10;;/h5-7H,1-4H3;1H;/q-1;;+2/p-1. The van der Waals surface area contributed by atoms with Crippen molar-refractivity contribution in [2.24, 2.45) is 0 Å². The maximum atomic E-state index is 5.59. The summed E-state index contributed by atoms with van der Waals surface area (Å²) in [5.41, 5.74) is -0.176. The van der Waals surface area contributed by atoms with Crippen LogP contribution in [0.3, 0.4) is 0 Å². The molecule has 0 saturated carbocycles. The topological polar surface area (TPSA) is 18.5 Å². The van der Waals surface area contributed by atoms with Crippen molar-refractivity contribution in [1.82, 2.24) is 0 Å². The van der Waals surface area contributed by atoms with Gasteiger partial charge in [0.2, 0.25) is 0 Å². The van der Waals surface area contributed by atoms with Crippen LogP contribution in [0.2, 0.25) is 0 Å². The number of ether oxygens (including phenoxy) is 2. The Morgan fingerprint density at radius 1 is 1.27 bits per heavy atom. The molecular weight excluding hydrogens is 309 g/mol. The average molecular weight is 325 g/mol. The third-order valence-electron chi connectivity index (χ3n) is 1.41. The molecule has 4 heteroatoms. The Kier molecular flexibility index (Phi) is 7.20. The van der Waals surface area contributed by atoms with Gasteiger partial charge >= 0.3 is 30.0 Å². The zero-order valence-corrected chi connectivity index (χ0v) is 14.2. The summed E-state index contributed by atoms with van der Waals surface area (Å²) >= 11 is 4.25. The third kappa shape index (κ3) is 6.91. The molecule has 0 N–H and O–H groups in total. The maximum absolute atomic E-state index is 5.59. The molecule has 80 valence electrons. The molecule has 1 rings (SSSR count). The summed E-state index contributed by atoms with van der Waals surface area (Å²) in [5, 5.41) is 0. The predicted octanol–water partition coefficient (Wildman–Crippen LogP) is 3.52. The van der Waals surface area contributed by atoms with Crippen molar-refractivity contribution in [2.75, 3.05) is 7.11 Å². The van der Waals surface area contributed by atoms with Gasteiger partial charge in [0, 0.05) is 11.5 Å². The van der Waals surface area contributed by atoms with Crippen LogP contribution in [0.25, 0.3) is 0 Å². The Morgan fingerprint density at radius 2 is 1.87 bits per heavy atom. The van der Waals surface area contributed by atoms with Gasteiger partial charge in [-0.1, -0.05) is 0 Å². The molecular formula is C11H15BrO2Zn. The first-order chi connectivity index (χ1) is 7.01. The van der Waals surface area contributed by atoms with Crippen molar-refractivity contribution in [2.45, 2.75) is 26.4 Å². The van der Waals surface area contributed by atoms with Crippen LogP contribution in [-0.2, 0) is 16.3 Å². The van der Waals surface area contributed by atoms with Crippen molar-refractivity contribution < 1.29 is 25.8 Å². The van der Waals surface area contributed by atoms with Crippen LogP contribution in [0.5, 0.6) is 11.5 Å². The van der Waals surface area contributed by atoms with Crippen LogP contribution in [0, 0.1) is 6.07 Å². The first-order valence-electron chi connectivity index (χ1n) is 4.53. The van der Waals surface area contributed by atoms with Gasteiger partial charge in [0.25, 0.3) is 0 Å². The monoisotopic (exact) mass is 322 g/mol. The van der Waals surface area contributed by atoms with Crippen molar-refractivity contribution >= 4 is 13.6 Å². The molecule has 0 aliphatic rings. The quantitative estimate of drug-likeness (QED) is 0.612. The van der Waals surface area contributed by atoms with Crippen LogP contribution in [0.15, 0.2) is 18.2 Å². The normalized spacial score (nSPS) is 10.1. The zero-order chi connectivity index (χ0) is 11.9. The van der Waals surface area contributed by atoms with Crippen molar-refractivity contribution in [3.63, 3.8) is 0 Å². The van der Waals surface area contributed by atoms with Crippen LogP contribution >= 0.6 is 13.6 Å². The minimum absolute atomic E-state index is 0.176. The molecule has 2 nitrogen and oxygen atoms in total. The van der Waals surface area contributed by atoms with E-state index in [1.165, 1.54) is 16.3 Å². The van der Waals surface area contributed by atoms with Crippen LogP contribution in [0.1, 0.15) is 20.8 Å². The van der Waals surface area contributed by atoms with Crippen LogP contribution < -0.4 is 9.47 Å². The first kappa shape index (κ1) is 14.9. The summed E-state index contributed by atoms with van der Waals surface area (Å²) in [7, 11) is 1.63. The number of rotatable bonds is 2. The average Bonchev–Trinajstić information content (AvgIpc) is 2.20. The van der Waals surface area contributed by atoms with Gasteiger partial charge < -0.3 is 9.47 Å². The molecule has 0 aliphatic heterocycles. The third-order valence-corrected chi connectivity index (χ3v) is 1.41. The molecule has 0 atom stereocenters. The van der Waals surface area contributed by atoms with E-state index in [4.69, 9.17) is 9.47 Å². The SMILES string of the molecule is COc1c[c-]c(OC(C)(C)C)cc1.[Zn+][Br]. The molecule has 0 amide bonds. The molecule has 15 heavy (non-hydrogen) atoms. The Bertz CT molecular complexity index is 267. The van der Waals surface area contributed by atoms with Gasteiger partial charge in [0.1, 0.15) is 0 Å². The molecule has 0 radical (unpaired) electrons. The fraction of sp³-hybridized carbons (Fsp3) is 0.455. The van der Waals surface area contributed by atoms with E-state index in [0.29, 0.717) is 0 Å². The summed E-state index contributed by atoms with van der Waals surface area (Å²) in [6.07, 6.45) is 0. The van der Waals surface area contributed by atoms with E-state index in [0.717, 1.165) is 11.5 Å². The van der Waals surface area contributed by atoms with Crippen molar-refractivity contribution in [3.8, 4) is 11.5 Å². The Balaban J connectivity index is 0.000000921. The number of methoxy groups -OCH3 is 1. The second-order valence-electron chi connectivity index (χ2n) is 3.81. The molecule has 0 fully saturated rings. The van der Waals surface area contributed by atoms with Gasteiger partial charge in [-0.05, 0) is 20.8 Å². The van der Waals surface area contributed by atoms with Crippen LogP contribution in [0.4, 0.5) is 0 Å². The molecule has 0 aromatic heterocycles. The van der Waals surface area contributed by atoms with E-state index < -0.39 is 0 Å². The second kappa shape index (κ2) is 7.24. The van der Waals surface area contributed by atoms with E-state index in [-0.39, 0.29) is 5.60 Å². The van der Waals surface area contributed by atoms with Gasteiger partial charge in [-0.15, -0.1) is 24.3 Å². The summed E-state index contributed by atoms with van der Waals surface area (Å²) in [4.78, 5) is 0. The molecule has 0 spiro atoms. The predicted molar refractivity (Wildman–Crippen MR) is 61.1 cm³/mol. The Labute approximate surface area is 108 Å². The van der Waals surface area contributed by atoms with Gasteiger partial charge in [0.05, 0.1) is 12.7 Å². The van der Waals surface area contributed by atoms with Gasteiger partial charge in [0.15, 0.2) is 0 Å². The van der Waals surface area contributed by atoms with Crippen molar-refractivity contribution in [1.29, 1.82) is 0 Å². The molecule has 0 saturated heterocycles. The minimum atomic E-state index is -0.176. The molecule has 0 bridgehead atoms. The zero-order valence-electron chi connectivity index (χ0n) is 9.63. The summed E-state index contributed by atoms with van der Waals surface area (Å²) in [6.45, 7) is 6.02. The number of hydrogen-bond donors (Lipinski definition) is 0. The van der Waals surface area contributed by atoms with E-state index in [9.17, 15) is 0 Å². The van der Waals surface area contributed by atoms with E-state index in [1.807, 2.05) is 32.9 Å². The van der Waals surface area contributed by atoms with E-state index in [2.05, 4.69) is 19.7 Å². The molecule has 0 heterocycles. The molecule has 1 aromatic carbocycles. The molecule has 0 unspecified atom stereocenters. The van der Waals surface area contributed by atoms with Crippen molar-refractivity contribution in [3.05, 3.63) is 24.3 Å². The van der Waals surface area contributed by atoms with Gasteiger partial charge in [-0.2, -0.15) is 0 Å². The molecule has 1 aromatic rings. The Morgan fingerprint density at radius 3 is 2.20 bits per heavy atom. The van der Waals surface area contributed by atoms with Gasteiger partial charge in [-0.3, -0.25) is 0 Å². The first-order valence-corrected chi connectivity index (χ1v) is 11.5. The van der Waals surface area contributed by atoms with E-state index in [1.54, 1.807) is 13.2 Å². The Hall–Kier alpha value is -0.0766. The fourth-order valence-electron chi connectivity index (χ4n) is 0.917. The van der Waals surface area contributed by atoms with Gasteiger partial charge in [-0.25, -0.2) is 0 Å². The fourth-order valence-corrected chi connectivity index (χ4v) is 0.917. The summed E-state index contributed by atoms with van der Waals surface area (Å²) in [5.74, 6) is 1.54. The number of halogens is 1. The van der Waals surface area contributed by atoms with Crippen LogP contribution in [-0.4, -0.2) is 12.7 Å². The van der Waals surface area contributed by atoms with E-state index >= 15 is 0 Å².